The van der Waals surface area contributed by atoms with Gasteiger partial charge in [-0.1, -0.05) is 11.6 Å². The lowest BCUT2D eigenvalue weighted by Crippen LogP contribution is -2.46. The van der Waals surface area contributed by atoms with Gasteiger partial charge in [0.2, 0.25) is 0 Å². The van der Waals surface area contributed by atoms with Crippen LogP contribution in [0.2, 0.25) is 5.02 Å². The van der Waals surface area contributed by atoms with E-state index in [0.29, 0.717) is 5.69 Å². The van der Waals surface area contributed by atoms with E-state index in [1.807, 2.05) is 24.3 Å². The van der Waals surface area contributed by atoms with Gasteiger partial charge in [0, 0.05) is 48.8 Å². The average Bonchev–Trinajstić information content (AvgIpc) is 2.56. The number of piperazine rings is 1. The first-order chi connectivity index (χ1) is 10.3. The summed E-state index contributed by atoms with van der Waals surface area (Å²) >= 11 is 5.92. The fraction of sp³-hybridized carbons (Fsp3) is 0.250. The smallest absolute Gasteiger partial charge is 0.142 e. The predicted molar refractivity (Wildman–Crippen MR) is 84.8 cm³/mol. The average molecular weight is 299 g/mol. The highest BCUT2D eigenvalue weighted by atomic mass is 35.5. The largest absolute Gasteiger partial charge is 0.368 e. The van der Waals surface area contributed by atoms with Crippen LogP contribution in [0, 0.1) is 11.3 Å². The molecule has 0 aliphatic carbocycles. The Bertz CT molecular complexity index is 655. The maximum Gasteiger partial charge on any atom is 0.142 e. The summed E-state index contributed by atoms with van der Waals surface area (Å²) in [6.45, 7) is 3.76. The molecule has 5 heteroatoms. The van der Waals surface area contributed by atoms with Crippen molar-refractivity contribution in [2.75, 3.05) is 36.0 Å². The zero-order valence-corrected chi connectivity index (χ0v) is 12.3. The topological polar surface area (TPSA) is 43.2 Å². The molecule has 0 N–H and O–H groups in total. The number of pyridine rings is 1. The van der Waals surface area contributed by atoms with Gasteiger partial charge in [0.25, 0.3) is 0 Å². The van der Waals surface area contributed by atoms with Crippen LogP contribution in [0.25, 0.3) is 0 Å². The first-order valence-electron chi connectivity index (χ1n) is 6.88. The molecule has 2 aromatic rings. The summed E-state index contributed by atoms with van der Waals surface area (Å²) in [6.07, 6.45) is 1.69. The number of hydrogen-bond acceptors (Lipinski definition) is 4. The van der Waals surface area contributed by atoms with Crippen molar-refractivity contribution in [2.45, 2.75) is 0 Å². The monoisotopic (exact) mass is 298 g/mol. The number of halogens is 1. The van der Waals surface area contributed by atoms with Gasteiger partial charge < -0.3 is 9.80 Å². The number of anilines is 2. The van der Waals surface area contributed by atoms with Crippen LogP contribution in [-0.2, 0) is 0 Å². The van der Waals surface area contributed by atoms with Crippen LogP contribution in [0.3, 0.4) is 0 Å². The Morgan fingerprint density at radius 3 is 2.19 bits per heavy atom. The number of aromatic nitrogens is 1. The van der Waals surface area contributed by atoms with Gasteiger partial charge >= 0.3 is 0 Å². The van der Waals surface area contributed by atoms with E-state index in [2.05, 4.69) is 33.0 Å². The van der Waals surface area contributed by atoms with E-state index in [4.69, 9.17) is 16.9 Å². The van der Waals surface area contributed by atoms with E-state index in [9.17, 15) is 0 Å². The maximum absolute atomic E-state index is 8.92. The quantitative estimate of drug-likeness (QED) is 0.855. The van der Waals surface area contributed by atoms with Gasteiger partial charge in [-0.15, -0.1) is 0 Å². The van der Waals surface area contributed by atoms with Crippen molar-refractivity contribution in [2.24, 2.45) is 0 Å². The summed E-state index contributed by atoms with van der Waals surface area (Å²) in [5, 5.41) is 9.69. The van der Waals surface area contributed by atoms with Crippen molar-refractivity contribution < 1.29 is 0 Å². The Labute approximate surface area is 129 Å². The Hall–Kier alpha value is -2.25. The zero-order valence-electron chi connectivity index (χ0n) is 11.5. The second kappa shape index (κ2) is 6.02. The van der Waals surface area contributed by atoms with Gasteiger partial charge in [0.15, 0.2) is 0 Å². The van der Waals surface area contributed by atoms with Gasteiger partial charge in [-0.2, -0.15) is 5.26 Å². The third-order valence-corrected chi connectivity index (χ3v) is 3.95. The minimum Gasteiger partial charge on any atom is -0.368 e. The van der Waals surface area contributed by atoms with Gasteiger partial charge in [0.05, 0.1) is 0 Å². The minimum atomic E-state index is 0.465. The van der Waals surface area contributed by atoms with Crippen LogP contribution in [0.1, 0.15) is 5.69 Å². The van der Waals surface area contributed by atoms with Gasteiger partial charge in [-0.3, -0.25) is 0 Å². The standard InChI is InChI=1S/C16H15ClN4/c17-13-1-3-15(4-2-13)20-7-9-21(10-8-20)16-5-6-19-14(11-16)12-18/h1-6,11H,7-10H2. The van der Waals surface area contributed by atoms with E-state index in [0.717, 1.165) is 36.9 Å². The molecule has 1 aromatic heterocycles. The molecule has 1 aromatic carbocycles. The third-order valence-electron chi connectivity index (χ3n) is 3.69. The lowest BCUT2D eigenvalue weighted by molar-refractivity contribution is 0.653. The van der Waals surface area contributed by atoms with Crippen molar-refractivity contribution in [1.82, 2.24) is 4.98 Å². The summed E-state index contributed by atoms with van der Waals surface area (Å²) in [5.74, 6) is 0. The predicted octanol–water partition coefficient (Wildman–Crippen LogP) is 2.93. The molecule has 1 fully saturated rings. The number of hydrogen-bond donors (Lipinski definition) is 0. The third kappa shape index (κ3) is 3.09. The summed E-state index contributed by atoms with van der Waals surface area (Å²) in [7, 11) is 0. The maximum atomic E-state index is 8.92. The molecule has 3 rings (SSSR count). The molecule has 0 amide bonds. The van der Waals surface area contributed by atoms with Gasteiger partial charge in [-0.25, -0.2) is 4.98 Å². The second-order valence-corrected chi connectivity index (χ2v) is 5.40. The molecule has 1 saturated heterocycles. The molecule has 0 atom stereocenters. The fourth-order valence-electron chi connectivity index (χ4n) is 2.55. The van der Waals surface area contributed by atoms with Crippen LogP contribution in [0.5, 0.6) is 0 Å². The lowest BCUT2D eigenvalue weighted by atomic mass is 10.2. The highest BCUT2D eigenvalue weighted by Crippen LogP contribution is 2.22. The van der Waals surface area contributed by atoms with Crippen LogP contribution >= 0.6 is 11.6 Å². The molecule has 0 radical (unpaired) electrons. The summed E-state index contributed by atoms with van der Waals surface area (Å²) in [4.78, 5) is 8.65. The molecule has 0 unspecified atom stereocenters. The molecule has 0 saturated carbocycles. The lowest BCUT2D eigenvalue weighted by Gasteiger charge is -2.37. The Balaban J connectivity index is 1.67. The van der Waals surface area contributed by atoms with Crippen LogP contribution in [0.4, 0.5) is 11.4 Å². The number of nitrogens with zero attached hydrogens (tertiary/aromatic N) is 4. The second-order valence-electron chi connectivity index (χ2n) is 4.96. The normalized spacial score (nSPS) is 14.9. The molecular weight excluding hydrogens is 284 g/mol. The van der Waals surface area contributed by atoms with Crippen molar-refractivity contribution in [3.63, 3.8) is 0 Å². The van der Waals surface area contributed by atoms with Crippen molar-refractivity contribution in [3.8, 4) is 6.07 Å². The molecule has 2 heterocycles. The number of rotatable bonds is 2. The SMILES string of the molecule is N#Cc1cc(N2CCN(c3ccc(Cl)cc3)CC2)ccn1. The summed E-state index contributed by atoms with van der Waals surface area (Å²) < 4.78 is 0. The molecule has 1 aliphatic heterocycles. The molecule has 106 valence electrons. The van der Waals surface area contributed by atoms with Crippen molar-refractivity contribution >= 4 is 23.0 Å². The van der Waals surface area contributed by atoms with E-state index in [1.165, 1.54) is 5.69 Å². The van der Waals surface area contributed by atoms with Crippen molar-refractivity contribution in [1.29, 1.82) is 5.26 Å². The molecule has 4 nitrogen and oxygen atoms in total. The molecular formula is C16H15ClN4. The highest BCUT2D eigenvalue weighted by Gasteiger charge is 2.17. The van der Waals surface area contributed by atoms with Gasteiger partial charge in [-0.05, 0) is 36.4 Å². The van der Waals surface area contributed by atoms with Crippen LogP contribution < -0.4 is 9.80 Å². The molecule has 0 bridgehead atoms. The first-order valence-corrected chi connectivity index (χ1v) is 7.26. The fourth-order valence-corrected chi connectivity index (χ4v) is 2.68. The van der Waals surface area contributed by atoms with E-state index in [1.54, 1.807) is 6.20 Å². The van der Waals surface area contributed by atoms with Gasteiger partial charge in [0.1, 0.15) is 11.8 Å². The first kappa shape index (κ1) is 13.7. The van der Waals surface area contributed by atoms with E-state index in [-0.39, 0.29) is 0 Å². The molecule has 1 aliphatic rings. The number of benzene rings is 1. The Morgan fingerprint density at radius 2 is 1.57 bits per heavy atom. The number of nitriles is 1. The Morgan fingerprint density at radius 1 is 0.952 bits per heavy atom. The summed E-state index contributed by atoms with van der Waals surface area (Å²) in [5.41, 5.74) is 2.73. The van der Waals surface area contributed by atoms with E-state index < -0.39 is 0 Å². The van der Waals surface area contributed by atoms with Crippen LogP contribution in [0.15, 0.2) is 42.6 Å². The summed E-state index contributed by atoms with van der Waals surface area (Å²) in [6, 6.07) is 13.8. The minimum absolute atomic E-state index is 0.465. The zero-order chi connectivity index (χ0) is 14.7. The molecule has 0 spiro atoms. The highest BCUT2D eigenvalue weighted by molar-refractivity contribution is 6.30. The Kier molecular flexibility index (Phi) is 3.94. The van der Waals surface area contributed by atoms with E-state index >= 15 is 0 Å². The van der Waals surface area contributed by atoms with Crippen LogP contribution in [-0.4, -0.2) is 31.2 Å². The molecule has 21 heavy (non-hydrogen) atoms. The van der Waals surface area contributed by atoms with Crippen molar-refractivity contribution in [3.05, 3.63) is 53.3 Å².